The summed E-state index contributed by atoms with van der Waals surface area (Å²) in [5, 5.41) is 5.71. The summed E-state index contributed by atoms with van der Waals surface area (Å²) in [4.78, 5) is 25.0. The molecule has 1 aromatic carbocycles. The Morgan fingerprint density at radius 3 is 2.71 bits per heavy atom. The van der Waals surface area contributed by atoms with Crippen molar-refractivity contribution in [2.45, 2.75) is 25.6 Å². The summed E-state index contributed by atoms with van der Waals surface area (Å²) in [6, 6.07) is 12.4. The molecule has 24 heavy (non-hydrogen) atoms. The zero-order valence-corrected chi connectivity index (χ0v) is 14.6. The molecule has 2 amide bonds. The zero-order valence-electron chi connectivity index (χ0n) is 13.0. The molecule has 0 radical (unpaired) electrons. The van der Waals surface area contributed by atoms with Crippen LogP contribution in [-0.4, -0.2) is 18.0 Å². The molecule has 2 N–H and O–H groups in total. The average molecular weight is 365 g/mol. The van der Waals surface area contributed by atoms with Crippen LogP contribution < -0.4 is 10.6 Å². The van der Waals surface area contributed by atoms with Crippen molar-refractivity contribution in [3.63, 3.8) is 0 Å². The van der Waals surface area contributed by atoms with E-state index in [1.54, 1.807) is 13.0 Å². The van der Waals surface area contributed by atoms with Gasteiger partial charge in [0.05, 0.1) is 22.3 Å². The lowest BCUT2D eigenvalue weighted by atomic mass is 9.99. The van der Waals surface area contributed by atoms with E-state index in [-0.39, 0.29) is 30.5 Å². The first-order valence-corrected chi connectivity index (χ1v) is 8.77. The normalized spacial score (nSPS) is 22.9. The second kappa shape index (κ2) is 7.23. The minimum absolute atomic E-state index is 0.0992. The molecule has 0 spiro atoms. The summed E-state index contributed by atoms with van der Waals surface area (Å²) in [5.41, 5.74) is 0.905. The lowest BCUT2D eigenvalue weighted by molar-refractivity contribution is -0.122. The van der Waals surface area contributed by atoms with Gasteiger partial charge in [-0.3, -0.25) is 4.79 Å². The maximum Gasteiger partial charge on any atom is 0.407 e. The largest absolute Gasteiger partial charge is 0.445 e. The second-order valence-electron chi connectivity index (χ2n) is 5.65. The summed E-state index contributed by atoms with van der Waals surface area (Å²) in [5.74, 6) is -0.446. The topological polar surface area (TPSA) is 67.4 Å². The highest BCUT2D eigenvalue weighted by atomic mass is 35.5. The van der Waals surface area contributed by atoms with Crippen LogP contribution in [-0.2, 0) is 16.1 Å². The number of halogens is 1. The molecule has 3 rings (SSSR count). The third kappa shape index (κ3) is 3.71. The van der Waals surface area contributed by atoms with E-state index < -0.39 is 6.09 Å². The summed E-state index contributed by atoms with van der Waals surface area (Å²) in [6.45, 7) is 1.97. The van der Waals surface area contributed by atoms with E-state index in [0.29, 0.717) is 4.34 Å². The minimum atomic E-state index is -0.542. The molecule has 0 saturated carbocycles. The third-order valence-corrected chi connectivity index (χ3v) is 5.32. The predicted molar refractivity (Wildman–Crippen MR) is 92.9 cm³/mol. The van der Waals surface area contributed by atoms with Gasteiger partial charge in [0.1, 0.15) is 6.61 Å². The summed E-state index contributed by atoms with van der Waals surface area (Å²) in [6.07, 6.45) is -0.542. The number of carbonyl (C=O) groups is 2. The number of alkyl carbamates (subject to hydrolysis) is 1. The quantitative estimate of drug-likeness (QED) is 0.872. The van der Waals surface area contributed by atoms with Crippen molar-refractivity contribution in [2.75, 3.05) is 0 Å². The first kappa shape index (κ1) is 16.8. The number of hydrogen-bond donors (Lipinski definition) is 2. The summed E-state index contributed by atoms with van der Waals surface area (Å²) in [7, 11) is 0. The lowest BCUT2D eigenvalue weighted by Crippen LogP contribution is -2.41. The smallest absolute Gasteiger partial charge is 0.407 e. The molecule has 3 atom stereocenters. The molecule has 1 aliphatic rings. The van der Waals surface area contributed by atoms with Crippen LogP contribution >= 0.6 is 22.9 Å². The molecule has 1 aliphatic heterocycles. The van der Waals surface area contributed by atoms with E-state index in [4.69, 9.17) is 16.3 Å². The van der Waals surface area contributed by atoms with Crippen LogP contribution in [0.15, 0.2) is 42.5 Å². The fraction of sp³-hybridized carbons (Fsp3) is 0.294. The number of thiophene rings is 1. The SMILES string of the molecule is C[C@@H]1C(=O)N[C@H](c2ccc(Cl)s2)[C@H]1NC(=O)OCc1ccccc1. The third-order valence-electron chi connectivity index (χ3n) is 4.01. The van der Waals surface area contributed by atoms with Gasteiger partial charge in [-0.1, -0.05) is 48.9 Å². The summed E-state index contributed by atoms with van der Waals surface area (Å²) >= 11 is 7.37. The van der Waals surface area contributed by atoms with E-state index in [2.05, 4.69) is 10.6 Å². The Balaban J connectivity index is 1.64. The molecule has 1 saturated heterocycles. The van der Waals surface area contributed by atoms with E-state index >= 15 is 0 Å². The number of ether oxygens (including phenoxy) is 1. The van der Waals surface area contributed by atoms with E-state index in [0.717, 1.165) is 10.4 Å². The van der Waals surface area contributed by atoms with Crippen molar-refractivity contribution in [2.24, 2.45) is 5.92 Å². The fourth-order valence-corrected chi connectivity index (χ4v) is 3.84. The van der Waals surface area contributed by atoms with Crippen LogP contribution in [0.5, 0.6) is 0 Å². The number of hydrogen-bond acceptors (Lipinski definition) is 4. The highest BCUT2D eigenvalue weighted by Crippen LogP contribution is 2.34. The highest BCUT2D eigenvalue weighted by molar-refractivity contribution is 7.16. The molecule has 0 aliphatic carbocycles. The molecular weight excluding hydrogens is 348 g/mol. The number of amides is 2. The van der Waals surface area contributed by atoms with Gasteiger partial charge in [0.2, 0.25) is 5.91 Å². The Kier molecular flexibility index (Phi) is 5.06. The van der Waals surface area contributed by atoms with Gasteiger partial charge < -0.3 is 15.4 Å². The van der Waals surface area contributed by atoms with Gasteiger partial charge in [0.25, 0.3) is 0 Å². The van der Waals surface area contributed by atoms with Crippen LogP contribution in [0.3, 0.4) is 0 Å². The van der Waals surface area contributed by atoms with Crippen LogP contribution in [0.1, 0.15) is 23.4 Å². The predicted octanol–water partition coefficient (Wildman–Crippen LogP) is 3.50. The zero-order chi connectivity index (χ0) is 17.1. The number of rotatable bonds is 4. The molecule has 2 aromatic rings. The lowest BCUT2D eigenvalue weighted by Gasteiger charge is -2.21. The van der Waals surface area contributed by atoms with E-state index in [1.807, 2.05) is 36.4 Å². The highest BCUT2D eigenvalue weighted by Gasteiger charge is 2.42. The Labute approximate surface area is 149 Å². The minimum Gasteiger partial charge on any atom is -0.445 e. The monoisotopic (exact) mass is 364 g/mol. The molecule has 0 unspecified atom stereocenters. The van der Waals surface area contributed by atoms with Gasteiger partial charge in [-0.15, -0.1) is 11.3 Å². The molecule has 1 fully saturated rings. The van der Waals surface area contributed by atoms with Crippen molar-refractivity contribution >= 4 is 34.9 Å². The van der Waals surface area contributed by atoms with Crippen LogP contribution in [0.2, 0.25) is 4.34 Å². The average Bonchev–Trinajstić information content (AvgIpc) is 3.12. The maximum atomic E-state index is 12.1. The Bertz CT molecular complexity index is 734. The number of nitrogens with one attached hydrogen (secondary N) is 2. The molecule has 126 valence electrons. The van der Waals surface area contributed by atoms with Crippen LogP contribution in [0.25, 0.3) is 0 Å². The van der Waals surface area contributed by atoms with Crippen molar-refractivity contribution in [1.29, 1.82) is 0 Å². The molecule has 0 bridgehead atoms. The maximum absolute atomic E-state index is 12.1. The standard InChI is InChI=1S/C17H17ClN2O3S/c1-10-14(15(19-16(10)21)12-7-8-13(18)24-12)20-17(22)23-9-11-5-3-2-4-6-11/h2-8,10,14-15H,9H2,1H3,(H,19,21)(H,20,22)/t10-,14-,15+/m0/s1. The Morgan fingerprint density at radius 1 is 1.29 bits per heavy atom. The Hall–Kier alpha value is -2.05. The molecule has 7 heteroatoms. The molecular formula is C17H17ClN2O3S. The van der Waals surface area contributed by atoms with Crippen molar-refractivity contribution in [1.82, 2.24) is 10.6 Å². The Morgan fingerprint density at radius 2 is 2.04 bits per heavy atom. The van der Waals surface area contributed by atoms with Crippen molar-refractivity contribution in [3.05, 3.63) is 57.2 Å². The number of benzene rings is 1. The van der Waals surface area contributed by atoms with Crippen LogP contribution in [0.4, 0.5) is 4.79 Å². The summed E-state index contributed by atoms with van der Waals surface area (Å²) < 4.78 is 5.89. The van der Waals surface area contributed by atoms with Gasteiger partial charge in [-0.2, -0.15) is 0 Å². The van der Waals surface area contributed by atoms with Gasteiger partial charge >= 0.3 is 6.09 Å². The molecule has 2 heterocycles. The number of carbonyl (C=O) groups excluding carboxylic acids is 2. The van der Waals surface area contributed by atoms with Gasteiger partial charge in [0.15, 0.2) is 0 Å². The molecule has 1 aromatic heterocycles. The van der Waals surface area contributed by atoms with E-state index in [9.17, 15) is 9.59 Å². The van der Waals surface area contributed by atoms with E-state index in [1.165, 1.54) is 11.3 Å². The molecule has 5 nitrogen and oxygen atoms in total. The van der Waals surface area contributed by atoms with Gasteiger partial charge in [0, 0.05) is 4.88 Å². The van der Waals surface area contributed by atoms with Crippen molar-refractivity contribution < 1.29 is 14.3 Å². The van der Waals surface area contributed by atoms with Crippen LogP contribution in [0, 0.1) is 5.92 Å². The van der Waals surface area contributed by atoms with Gasteiger partial charge in [-0.05, 0) is 17.7 Å². The van der Waals surface area contributed by atoms with Gasteiger partial charge in [-0.25, -0.2) is 4.79 Å². The first-order chi connectivity index (χ1) is 11.5. The first-order valence-electron chi connectivity index (χ1n) is 7.57. The second-order valence-corrected chi connectivity index (χ2v) is 7.40. The van der Waals surface area contributed by atoms with Crippen molar-refractivity contribution in [3.8, 4) is 0 Å². The fourth-order valence-electron chi connectivity index (χ4n) is 2.68.